The summed E-state index contributed by atoms with van der Waals surface area (Å²) in [6.45, 7) is 6.94. The summed E-state index contributed by atoms with van der Waals surface area (Å²) in [4.78, 5) is 14.2. The van der Waals surface area contributed by atoms with Gasteiger partial charge in [-0.2, -0.15) is 0 Å². The van der Waals surface area contributed by atoms with Gasteiger partial charge in [-0.05, 0) is 55.0 Å². The molecule has 1 unspecified atom stereocenters. The quantitative estimate of drug-likeness (QED) is 0.727. The van der Waals surface area contributed by atoms with Crippen LogP contribution in [0.3, 0.4) is 0 Å². The Bertz CT molecular complexity index is 732. The number of anilines is 2. The van der Waals surface area contributed by atoms with Crippen LogP contribution in [0.1, 0.15) is 32.1 Å². The van der Waals surface area contributed by atoms with E-state index in [1.54, 1.807) is 7.11 Å². The highest BCUT2D eigenvalue weighted by Crippen LogP contribution is 2.29. The molecular formula is C18H29N7O2. The van der Waals surface area contributed by atoms with Crippen molar-refractivity contribution in [2.24, 2.45) is 5.92 Å². The molecule has 0 amide bonds. The average Bonchev–Trinajstić information content (AvgIpc) is 3.16. The highest BCUT2D eigenvalue weighted by molar-refractivity contribution is 5.74. The van der Waals surface area contributed by atoms with E-state index in [1.165, 1.54) is 51.7 Å². The van der Waals surface area contributed by atoms with E-state index >= 15 is 0 Å². The number of fused-ring (bicyclic) bond motifs is 1. The number of hydrogen-bond donors (Lipinski definition) is 1. The molecule has 2 aromatic heterocycles. The summed E-state index contributed by atoms with van der Waals surface area (Å²) in [5.41, 5.74) is 0.890. The first-order chi connectivity index (χ1) is 13.3. The Morgan fingerprint density at radius 2 is 1.89 bits per heavy atom. The first kappa shape index (κ1) is 18.4. The van der Waals surface area contributed by atoms with Gasteiger partial charge in [-0.25, -0.2) is 14.6 Å². The molecule has 9 nitrogen and oxygen atoms in total. The molecule has 0 radical (unpaired) electrons. The van der Waals surface area contributed by atoms with E-state index in [-0.39, 0.29) is 0 Å². The molecule has 2 aromatic rings. The van der Waals surface area contributed by atoms with Gasteiger partial charge < -0.3 is 19.9 Å². The number of nitrogens with zero attached hydrogens (tertiary/aromatic N) is 6. The number of nitrogens with one attached hydrogen (secondary N) is 1. The number of aromatic nitrogens is 4. The lowest BCUT2D eigenvalue weighted by Gasteiger charge is -2.37. The largest absolute Gasteiger partial charge is 0.383 e. The number of rotatable bonds is 7. The third-order valence-corrected chi connectivity index (χ3v) is 5.48. The molecule has 0 spiro atoms. The van der Waals surface area contributed by atoms with Gasteiger partial charge in [-0.15, -0.1) is 0 Å². The fourth-order valence-corrected chi connectivity index (χ4v) is 4.15. The Hall–Kier alpha value is -2.00. The molecular weight excluding hydrogens is 346 g/mol. The monoisotopic (exact) mass is 375 g/mol. The van der Waals surface area contributed by atoms with Crippen LogP contribution in [-0.2, 0) is 4.74 Å². The lowest BCUT2D eigenvalue weighted by Crippen LogP contribution is -2.43. The van der Waals surface area contributed by atoms with Gasteiger partial charge in [0.05, 0.1) is 6.61 Å². The van der Waals surface area contributed by atoms with Crippen molar-refractivity contribution in [3.63, 3.8) is 0 Å². The van der Waals surface area contributed by atoms with E-state index < -0.39 is 0 Å². The van der Waals surface area contributed by atoms with Crippen LogP contribution < -0.4 is 10.2 Å². The van der Waals surface area contributed by atoms with E-state index in [1.807, 2.05) is 0 Å². The SMILES string of the molecule is COCCNc1nc2nonc2nc1N1CCCC(CN2CCCCC2)C1. The molecule has 0 saturated carbocycles. The Kier molecular flexibility index (Phi) is 5.98. The normalized spacial score (nSPS) is 21.7. The van der Waals surface area contributed by atoms with Crippen LogP contribution in [0.5, 0.6) is 0 Å². The van der Waals surface area contributed by atoms with Crippen molar-refractivity contribution in [2.45, 2.75) is 32.1 Å². The van der Waals surface area contributed by atoms with Crippen LogP contribution in [0.15, 0.2) is 4.63 Å². The summed E-state index contributed by atoms with van der Waals surface area (Å²) in [6.07, 6.45) is 6.51. The molecule has 2 fully saturated rings. The van der Waals surface area contributed by atoms with Gasteiger partial charge in [-0.3, -0.25) is 0 Å². The molecule has 1 N–H and O–H groups in total. The Balaban J connectivity index is 1.49. The molecule has 2 saturated heterocycles. The zero-order valence-corrected chi connectivity index (χ0v) is 16.1. The summed E-state index contributed by atoms with van der Waals surface area (Å²) in [5, 5.41) is 11.0. The molecule has 4 heterocycles. The van der Waals surface area contributed by atoms with Crippen LogP contribution in [0.2, 0.25) is 0 Å². The standard InChI is InChI=1S/C18H29N7O2/c1-26-11-7-19-17-18(21-16-15(20-17)22-27-23-16)25-10-5-6-14(13-25)12-24-8-3-2-4-9-24/h14H,2-13H2,1H3,(H,19,20,22). The topological polar surface area (TPSA) is 92.4 Å². The van der Waals surface area contributed by atoms with Crippen molar-refractivity contribution < 1.29 is 9.37 Å². The van der Waals surface area contributed by atoms with Gasteiger partial charge in [0, 0.05) is 33.3 Å². The second-order valence-electron chi connectivity index (χ2n) is 7.54. The first-order valence-electron chi connectivity index (χ1n) is 10.0. The third-order valence-electron chi connectivity index (χ3n) is 5.48. The maximum Gasteiger partial charge on any atom is 0.245 e. The number of methoxy groups -OCH3 is 1. The molecule has 9 heteroatoms. The molecule has 27 heavy (non-hydrogen) atoms. The predicted octanol–water partition coefficient (Wildman–Crippen LogP) is 1.77. The van der Waals surface area contributed by atoms with Crippen LogP contribution in [0, 0.1) is 5.92 Å². The first-order valence-corrected chi connectivity index (χ1v) is 10.0. The maximum atomic E-state index is 5.15. The molecule has 1 atom stereocenters. The van der Waals surface area contributed by atoms with E-state index in [0.717, 1.165) is 24.7 Å². The van der Waals surface area contributed by atoms with Gasteiger partial charge in [0.15, 0.2) is 11.6 Å². The number of piperidine rings is 2. The van der Waals surface area contributed by atoms with Gasteiger partial charge >= 0.3 is 0 Å². The Morgan fingerprint density at radius 1 is 1.07 bits per heavy atom. The highest BCUT2D eigenvalue weighted by atomic mass is 16.6. The maximum absolute atomic E-state index is 5.15. The van der Waals surface area contributed by atoms with Crippen molar-refractivity contribution in [3.05, 3.63) is 0 Å². The molecule has 0 bridgehead atoms. The van der Waals surface area contributed by atoms with E-state index in [4.69, 9.17) is 14.3 Å². The van der Waals surface area contributed by atoms with Crippen molar-refractivity contribution >= 4 is 22.9 Å². The molecule has 0 aromatic carbocycles. The van der Waals surface area contributed by atoms with Gasteiger partial charge in [0.1, 0.15) is 0 Å². The van der Waals surface area contributed by atoms with Crippen LogP contribution in [0.4, 0.5) is 11.6 Å². The van der Waals surface area contributed by atoms with Crippen LogP contribution in [-0.4, -0.2) is 78.2 Å². The minimum atomic E-state index is 0.431. The minimum absolute atomic E-state index is 0.431. The van der Waals surface area contributed by atoms with Gasteiger partial charge in [0.2, 0.25) is 11.3 Å². The zero-order valence-electron chi connectivity index (χ0n) is 16.1. The van der Waals surface area contributed by atoms with E-state index in [9.17, 15) is 0 Å². The lowest BCUT2D eigenvalue weighted by molar-refractivity contribution is 0.185. The summed E-state index contributed by atoms with van der Waals surface area (Å²) < 4.78 is 9.95. The highest BCUT2D eigenvalue weighted by Gasteiger charge is 2.26. The minimum Gasteiger partial charge on any atom is -0.383 e. The smallest absolute Gasteiger partial charge is 0.245 e. The van der Waals surface area contributed by atoms with Crippen molar-refractivity contribution in [3.8, 4) is 0 Å². The van der Waals surface area contributed by atoms with Crippen LogP contribution >= 0.6 is 0 Å². The molecule has 0 aliphatic carbocycles. The Labute approximate surface area is 159 Å². The average molecular weight is 375 g/mol. The molecule has 4 rings (SSSR count). The fourth-order valence-electron chi connectivity index (χ4n) is 4.15. The van der Waals surface area contributed by atoms with Gasteiger partial charge in [0.25, 0.3) is 0 Å². The summed E-state index contributed by atoms with van der Waals surface area (Å²) in [6, 6.07) is 0. The third kappa shape index (κ3) is 4.47. The van der Waals surface area contributed by atoms with Crippen molar-refractivity contribution in [1.29, 1.82) is 0 Å². The summed E-state index contributed by atoms with van der Waals surface area (Å²) in [7, 11) is 1.69. The molecule has 2 aliphatic heterocycles. The Morgan fingerprint density at radius 3 is 2.70 bits per heavy atom. The van der Waals surface area contributed by atoms with Crippen molar-refractivity contribution in [2.75, 3.05) is 63.2 Å². The zero-order chi connectivity index (χ0) is 18.5. The van der Waals surface area contributed by atoms with Crippen molar-refractivity contribution in [1.82, 2.24) is 25.2 Å². The van der Waals surface area contributed by atoms with Gasteiger partial charge in [-0.1, -0.05) is 6.42 Å². The second-order valence-corrected chi connectivity index (χ2v) is 7.54. The summed E-state index contributed by atoms with van der Waals surface area (Å²) >= 11 is 0. The van der Waals surface area contributed by atoms with E-state index in [2.05, 4.69) is 30.4 Å². The second kappa shape index (κ2) is 8.79. The predicted molar refractivity (Wildman–Crippen MR) is 103 cm³/mol. The van der Waals surface area contributed by atoms with Crippen LogP contribution in [0.25, 0.3) is 11.3 Å². The summed E-state index contributed by atoms with van der Waals surface area (Å²) in [5.74, 6) is 2.24. The number of ether oxygens (including phenoxy) is 1. The number of hydrogen-bond acceptors (Lipinski definition) is 9. The molecule has 148 valence electrons. The lowest BCUT2D eigenvalue weighted by atomic mass is 9.96. The molecule has 2 aliphatic rings. The number of likely N-dealkylation sites (tertiary alicyclic amines) is 1. The fraction of sp³-hybridized carbons (Fsp3) is 0.778. The van der Waals surface area contributed by atoms with E-state index in [0.29, 0.717) is 30.4 Å².